The fraction of sp³-hybridized carbons (Fsp3) is 0.381. The van der Waals surface area contributed by atoms with Crippen LogP contribution in [0.15, 0.2) is 41.3 Å². The first kappa shape index (κ1) is 23.6. The smallest absolute Gasteiger partial charge is 0.265 e. The summed E-state index contributed by atoms with van der Waals surface area (Å²) in [5.41, 5.74) is 0.512. The molecule has 0 aliphatic heterocycles. The van der Waals surface area contributed by atoms with Gasteiger partial charge in [0.05, 0.1) is 12.3 Å². The fourth-order valence-electron chi connectivity index (χ4n) is 2.90. The molecule has 1 atom stereocenters. The Hall–Kier alpha value is -2.65. The van der Waals surface area contributed by atoms with Crippen molar-refractivity contribution in [3.8, 4) is 5.75 Å². The molecule has 0 saturated carbocycles. The van der Waals surface area contributed by atoms with Crippen molar-refractivity contribution < 1.29 is 27.1 Å². The molecule has 30 heavy (non-hydrogen) atoms. The maximum absolute atomic E-state index is 14.3. The largest absolute Gasteiger partial charge is 0.492 e. The number of hydrogen-bond donors (Lipinski definition) is 2. The minimum absolute atomic E-state index is 0.0365. The normalized spacial score (nSPS) is 12.5. The van der Waals surface area contributed by atoms with Crippen LogP contribution in [-0.2, 0) is 19.6 Å². The van der Waals surface area contributed by atoms with Crippen molar-refractivity contribution in [3.63, 3.8) is 0 Å². The van der Waals surface area contributed by atoms with Crippen LogP contribution >= 0.6 is 0 Å². The second kappa shape index (κ2) is 9.90. The lowest BCUT2D eigenvalue weighted by Crippen LogP contribution is -2.33. The van der Waals surface area contributed by atoms with Crippen LogP contribution in [0.5, 0.6) is 5.75 Å². The minimum atomic E-state index is -4.14. The number of halogens is 1. The van der Waals surface area contributed by atoms with Crippen LogP contribution in [0.4, 0.5) is 15.8 Å². The van der Waals surface area contributed by atoms with E-state index in [-0.39, 0.29) is 34.8 Å². The molecule has 9 heteroatoms. The second-order valence-corrected chi connectivity index (χ2v) is 8.68. The summed E-state index contributed by atoms with van der Waals surface area (Å²) in [4.78, 5) is 12.2. The summed E-state index contributed by atoms with van der Waals surface area (Å²) in [6.45, 7) is 7.15. The van der Waals surface area contributed by atoms with E-state index in [2.05, 4.69) is 10.0 Å². The van der Waals surface area contributed by atoms with Crippen molar-refractivity contribution in [2.75, 3.05) is 23.8 Å². The number of rotatable bonds is 9. The highest BCUT2D eigenvalue weighted by atomic mass is 32.2. The monoisotopic (exact) mass is 438 g/mol. The van der Waals surface area contributed by atoms with Crippen LogP contribution < -0.4 is 14.8 Å². The third-order valence-corrected chi connectivity index (χ3v) is 5.76. The first-order valence-corrected chi connectivity index (χ1v) is 11.0. The molecule has 164 valence electrons. The number of ether oxygens (including phenoxy) is 2. The van der Waals surface area contributed by atoms with Crippen LogP contribution in [0.3, 0.4) is 0 Å². The molecule has 0 fully saturated rings. The highest BCUT2D eigenvalue weighted by Crippen LogP contribution is 2.30. The number of nitrogens with one attached hydrogen (secondary N) is 2. The molecule has 2 aromatic carbocycles. The Bertz CT molecular complexity index is 1010. The summed E-state index contributed by atoms with van der Waals surface area (Å²) in [6, 6.07) is 8.59. The standard InChI is InChI=1S/C21H27FN2O5S/c1-6-29-17-12-15(23-21(25)20(28-5)13(2)3)10-11-18(17)30(26,27)24-16-9-7-8-14(4)19(16)22/h7-13,20,24H,6H2,1-5H3,(H,23,25)/t20-/m0/s1. The van der Waals surface area contributed by atoms with Crippen molar-refractivity contribution in [1.82, 2.24) is 0 Å². The van der Waals surface area contributed by atoms with E-state index in [1.807, 2.05) is 13.8 Å². The molecule has 0 aromatic heterocycles. The minimum Gasteiger partial charge on any atom is -0.492 e. The van der Waals surface area contributed by atoms with E-state index in [4.69, 9.17) is 9.47 Å². The molecule has 2 N–H and O–H groups in total. The Kier molecular flexibility index (Phi) is 7.80. The molecule has 0 aliphatic carbocycles. The van der Waals surface area contributed by atoms with Crippen LogP contribution in [-0.4, -0.2) is 34.1 Å². The van der Waals surface area contributed by atoms with Gasteiger partial charge in [-0.3, -0.25) is 9.52 Å². The van der Waals surface area contributed by atoms with Gasteiger partial charge in [-0.15, -0.1) is 0 Å². The van der Waals surface area contributed by atoms with Crippen molar-refractivity contribution in [1.29, 1.82) is 0 Å². The van der Waals surface area contributed by atoms with Gasteiger partial charge in [-0.05, 0) is 43.5 Å². The summed E-state index contributed by atoms with van der Waals surface area (Å²) in [5.74, 6) is -1.02. The van der Waals surface area contributed by atoms with Crippen molar-refractivity contribution in [3.05, 3.63) is 47.8 Å². The second-order valence-electron chi connectivity index (χ2n) is 7.03. The fourth-order valence-corrected chi connectivity index (χ4v) is 4.08. The number of carbonyl (C=O) groups is 1. The van der Waals surface area contributed by atoms with Crippen molar-refractivity contribution >= 4 is 27.3 Å². The molecule has 0 heterocycles. The molecule has 1 amide bonds. The van der Waals surface area contributed by atoms with Crippen LogP contribution in [0.25, 0.3) is 0 Å². The molecular formula is C21H27FN2O5S. The van der Waals surface area contributed by atoms with Gasteiger partial charge in [0, 0.05) is 18.9 Å². The van der Waals surface area contributed by atoms with Gasteiger partial charge >= 0.3 is 0 Å². The van der Waals surface area contributed by atoms with Gasteiger partial charge in [0.2, 0.25) is 0 Å². The SMILES string of the molecule is CCOc1cc(NC(=O)[C@@H](OC)C(C)C)ccc1S(=O)(=O)Nc1cccc(C)c1F. The van der Waals surface area contributed by atoms with Crippen molar-refractivity contribution in [2.24, 2.45) is 5.92 Å². The van der Waals surface area contributed by atoms with E-state index >= 15 is 0 Å². The zero-order valence-electron chi connectivity index (χ0n) is 17.7. The van der Waals surface area contributed by atoms with E-state index in [1.165, 1.54) is 31.4 Å². The van der Waals surface area contributed by atoms with Gasteiger partial charge in [-0.2, -0.15) is 0 Å². The lowest BCUT2D eigenvalue weighted by atomic mass is 10.1. The highest BCUT2D eigenvalue weighted by molar-refractivity contribution is 7.92. The predicted octanol–water partition coefficient (Wildman–Crippen LogP) is 3.94. The molecule has 0 bridgehead atoms. The Morgan fingerprint density at radius 2 is 1.90 bits per heavy atom. The van der Waals surface area contributed by atoms with E-state index in [0.29, 0.717) is 11.3 Å². The molecular weight excluding hydrogens is 411 g/mol. The van der Waals surface area contributed by atoms with E-state index in [1.54, 1.807) is 26.0 Å². The highest BCUT2D eigenvalue weighted by Gasteiger charge is 2.24. The maximum Gasteiger partial charge on any atom is 0.265 e. The molecule has 0 spiro atoms. The van der Waals surface area contributed by atoms with E-state index in [9.17, 15) is 17.6 Å². The molecule has 2 rings (SSSR count). The summed E-state index contributed by atoms with van der Waals surface area (Å²) in [7, 11) is -2.69. The van der Waals surface area contributed by atoms with Crippen LogP contribution in [0, 0.1) is 18.7 Å². The number of hydrogen-bond acceptors (Lipinski definition) is 5. The number of anilines is 2. The van der Waals surface area contributed by atoms with Gasteiger partial charge < -0.3 is 14.8 Å². The third-order valence-electron chi connectivity index (χ3n) is 4.35. The molecule has 7 nitrogen and oxygen atoms in total. The number of benzene rings is 2. The Morgan fingerprint density at radius 3 is 2.50 bits per heavy atom. The quantitative estimate of drug-likeness (QED) is 0.618. The Labute approximate surface area is 176 Å². The van der Waals surface area contributed by atoms with Gasteiger partial charge in [-0.1, -0.05) is 26.0 Å². The number of aryl methyl sites for hydroxylation is 1. The first-order valence-electron chi connectivity index (χ1n) is 9.49. The van der Waals surface area contributed by atoms with Gasteiger partial charge in [0.25, 0.3) is 15.9 Å². The predicted molar refractivity (Wildman–Crippen MR) is 114 cm³/mol. The van der Waals surface area contributed by atoms with Gasteiger partial charge in [0.1, 0.15) is 22.6 Å². The topological polar surface area (TPSA) is 93.7 Å². The number of carbonyl (C=O) groups excluding carboxylic acids is 1. The van der Waals surface area contributed by atoms with Gasteiger partial charge in [-0.25, -0.2) is 12.8 Å². The van der Waals surface area contributed by atoms with Crippen LogP contribution in [0.1, 0.15) is 26.3 Å². The number of amides is 1. The summed E-state index contributed by atoms with van der Waals surface area (Å²) in [5, 5.41) is 2.70. The number of methoxy groups -OCH3 is 1. The third kappa shape index (κ3) is 5.48. The summed E-state index contributed by atoms with van der Waals surface area (Å²) < 4.78 is 52.9. The van der Waals surface area contributed by atoms with Crippen LogP contribution in [0.2, 0.25) is 0 Å². The maximum atomic E-state index is 14.3. The van der Waals surface area contributed by atoms with Gasteiger partial charge in [0.15, 0.2) is 0 Å². The van der Waals surface area contributed by atoms with Crippen molar-refractivity contribution in [2.45, 2.75) is 38.7 Å². The number of sulfonamides is 1. The summed E-state index contributed by atoms with van der Waals surface area (Å²) >= 11 is 0. The average molecular weight is 439 g/mol. The molecule has 0 aliphatic rings. The molecule has 0 saturated heterocycles. The molecule has 0 unspecified atom stereocenters. The Balaban J connectivity index is 2.36. The first-order chi connectivity index (χ1) is 14.1. The van der Waals surface area contributed by atoms with E-state index < -0.39 is 21.9 Å². The average Bonchev–Trinajstić information content (AvgIpc) is 2.66. The zero-order chi connectivity index (χ0) is 22.5. The summed E-state index contributed by atoms with van der Waals surface area (Å²) in [6.07, 6.45) is -0.657. The lowest BCUT2D eigenvalue weighted by Gasteiger charge is -2.19. The van der Waals surface area contributed by atoms with E-state index in [0.717, 1.165) is 0 Å². The lowest BCUT2D eigenvalue weighted by molar-refractivity contribution is -0.128. The molecule has 2 aromatic rings. The molecule has 0 radical (unpaired) electrons. The Morgan fingerprint density at radius 1 is 1.20 bits per heavy atom. The zero-order valence-corrected chi connectivity index (χ0v) is 18.5.